The van der Waals surface area contributed by atoms with Gasteiger partial charge in [0.15, 0.2) is 0 Å². The maximum absolute atomic E-state index is 12.2. The molecule has 0 saturated heterocycles. The van der Waals surface area contributed by atoms with Gasteiger partial charge in [0.1, 0.15) is 11.9 Å². The minimum Gasteiger partial charge on any atom is -0.460 e. The Morgan fingerprint density at radius 2 is 2.29 bits per heavy atom. The number of aromatic nitrogens is 1. The van der Waals surface area contributed by atoms with Crippen LogP contribution in [0.3, 0.4) is 0 Å². The van der Waals surface area contributed by atoms with Crippen LogP contribution in [0.2, 0.25) is 0 Å². The van der Waals surface area contributed by atoms with Gasteiger partial charge in [-0.3, -0.25) is 9.78 Å². The van der Waals surface area contributed by atoms with E-state index in [0.29, 0.717) is 12.2 Å². The van der Waals surface area contributed by atoms with Gasteiger partial charge in [-0.05, 0) is 25.5 Å². The Balaban J connectivity index is 2.06. The van der Waals surface area contributed by atoms with Crippen molar-refractivity contribution in [3.05, 3.63) is 29.6 Å². The van der Waals surface area contributed by atoms with Gasteiger partial charge < -0.3 is 15.0 Å². The van der Waals surface area contributed by atoms with Gasteiger partial charge in [0.05, 0.1) is 13.2 Å². The van der Waals surface area contributed by atoms with Crippen LogP contribution in [-0.4, -0.2) is 54.0 Å². The van der Waals surface area contributed by atoms with Crippen molar-refractivity contribution in [2.45, 2.75) is 20.0 Å². The van der Waals surface area contributed by atoms with Gasteiger partial charge in [-0.25, -0.2) is 9.79 Å². The highest BCUT2D eigenvalue weighted by Crippen LogP contribution is 2.09. The number of pyridine rings is 1. The highest BCUT2D eigenvalue weighted by Gasteiger charge is 2.29. The zero-order valence-electron chi connectivity index (χ0n) is 12.3. The molecule has 0 spiro atoms. The van der Waals surface area contributed by atoms with Crippen molar-refractivity contribution in [2.75, 3.05) is 20.2 Å². The lowest BCUT2D eigenvalue weighted by Crippen LogP contribution is -2.38. The van der Waals surface area contributed by atoms with Gasteiger partial charge in [0, 0.05) is 13.2 Å². The third-order valence-corrected chi connectivity index (χ3v) is 3.07. The molecule has 0 radical (unpaired) electrons. The van der Waals surface area contributed by atoms with Crippen LogP contribution < -0.4 is 5.32 Å². The number of aliphatic imine (C=N–C) groups is 1. The highest BCUT2D eigenvalue weighted by molar-refractivity contribution is 6.35. The molecule has 1 aliphatic heterocycles. The average Bonchev–Trinajstić information content (AvgIpc) is 2.80. The number of esters is 1. The number of hydrogen-bond donors (Lipinski definition) is 1. The first-order chi connectivity index (χ1) is 10.0. The summed E-state index contributed by atoms with van der Waals surface area (Å²) in [7, 11) is 1.73. The van der Waals surface area contributed by atoms with E-state index in [0.717, 1.165) is 5.56 Å². The van der Waals surface area contributed by atoms with Crippen LogP contribution in [0, 0.1) is 6.92 Å². The number of amides is 1. The van der Waals surface area contributed by atoms with Crippen molar-refractivity contribution < 1.29 is 14.3 Å². The van der Waals surface area contributed by atoms with Crippen LogP contribution in [0.25, 0.3) is 0 Å². The van der Waals surface area contributed by atoms with Crippen molar-refractivity contribution in [1.29, 1.82) is 0 Å². The van der Waals surface area contributed by atoms with Crippen molar-refractivity contribution in [3.63, 3.8) is 0 Å². The molecule has 2 rings (SSSR count). The molecule has 1 amide bonds. The van der Waals surface area contributed by atoms with Crippen molar-refractivity contribution in [3.8, 4) is 0 Å². The van der Waals surface area contributed by atoms with Crippen molar-refractivity contribution in [1.82, 2.24) is 15.2 Å². The Bertz CT molecular complexity index is 585. The predicted molar refractivity (Wildman–Crippen MR) is 76.9 cm³/mol. The number of carbonyl (C=O) groups excluding carboxylic acids is 2. The second-order valence-corrected chi connectivity index (χ2v) is 4.71. The molecule has 112 valence electrons. The summed E-state index contributed by atoms with van der Waals surface area (Å²) < 4.78 is 4.92. The fourth-order valence-electron chi connectivity index (χ4n) is 2.06. The molecule has 1 aromatic rings. The molecule has 1 atom stereocenters. The Hall–Kier alpha value is -2.44. The quantitative estimate of drug-likeness (QED) is 0.809. The number of nitrogens with one attached hydrogen (secondary N) is 1. The molecule has 0 saturated carbocycles. The molecule has 21 heavy (non-hydrogen) atoms. The molecule has 0 bridgehead atoms. The molecule has 0 fully saturated rings. The van der Waals surface area contributed by atoms with E-state index in [9.17, 15) is 9.59 Å². The zero-order valence-corrected chi connectivity index (χ0v) is 12.3. The summed E-state index contributed by atoms with van der Waals surface area (Å²) in [4.78, 5) is 33.8. The van der Waals surface area contributed by atoms with Crippen molar-refractivity contribution in [2.24, 2.45) is 4.99 Å². The Morgan fingerprint density at radius 3 is 2.95 bits per heavy atom. The van der Waals surface area contributed by atoms with E-state index in [-0.39, 0.29) is 18.3 Å². The number of hydrogen-bond acceptors (Lipinski definition) is 6. The van der Waals surface area contributed by atoms with Crippen molar-refractivity contribution >= 4 is 17.7 Å². The monoisotopic (exact) mass is 290 g/mol. The standard InChI is InChI=1S/C14H18N4O3/c1-4-21-14(20)12-16-10(8-18(12)3)17-13(19)11-9(2)6-5-7-15-11/h5-7,10H,4,8H2,1-3H3,(H,17,19). The average molecular weight is 290 g/mol. The summed E-state index contributed by atoms with van der Waals surface area (Å²) in [6.07, 6.45) is 1.08. The lowest BCUT2D eigenvalue weighted by molar-refractivity contribution is -0.135. The molecular formula is C14H18N4O3. The molecule has 1 aliphatic rings. The van der Waals surface area contributed by atoms with Crippen LogP contribution in [0.15, 0.2) is 23.3 Å². The van der Waals surface area contributed by atoms with E-state index in [1.165, 1.54) is 0 Å². The second-order valence-electron chi connectivity index (χ2n) is 4.71. The fourth-order valence-corrected chi connectivity index (χ4v) is 2.06. The normalized spacial score (nSPS) is 17.4. The second kappa shape index (κ2) is 6.34. The molecule has 1 aromatic heterocycles. The van der Waals surface area contributed by atoms with Crippen LogP contribution >= 0.6 is 0 Å². The largest absolute Gasteiger partial charge is 0.460 e. The van der Waals surface area contributed by atoms with Gasteiger partial charge in [-0.15, -0.1) is 0 Å². The zero-order chi connectivity index (χ0) is 15.4. The van der Waals surface area contributed by atoms with Gasteiger partial charge in [0.2, 0.25) is 5.84 Å². The molecular weight excluding hydrogens is 272 g/mol. The van der Waals surface area contributed by atoms with E-state index in [2.05, 4.69) is 15.3 Å². The van der Waals surface area contributed by atoms with Gasteiger partial charge in [-0.1, -0.05) is 6.07 Å². The SMILES string of the molecule is CCOC(=O)C1=NC(NC(=O)c2ncccc2C)CN1C. The van der Waals surface area contributed by atoms with E-state index >= 15 is 0 Å². The third kappa shape index (κ3) is 3.36. The van der Waals surface area contributed by atoms with E-state index in [4.69, 9.17) is 4.74 Å². The topological polar surface area (TPSA) is 83.9 Å². The summed E-state index contributed by atoms with van der Waals surface area (Å²) in [5.41, 5.74) is 1.15. The third-order valence-electron chi connectivity index (χ3n) is 3.07. The molecule has 7 heteroatoms. The predicted octanol–water partition coefficient (Wildman–Crippen LogP) is 0.353. The van der Waals surface area contributed by atoms with Gasteiger partial charge >= 0.3 is 5.97 Å². The number of likely N-dealkylation sites (N-methyl/N-ethyl adjacent to an activating group) is 1. The number of rotatable bonds is 4. The smallest absolute Gasteiger partial charge is 0.373 e. The maximum Gasteiger partial charge on any atom is 0.373 e. The van der Waals surface area contributed by atoms with Crippen LogP contribution in [0.5, 0.6) is 0 Å². The van der Waals surface area contributed by atoms with E-state index in [1.54, 1.807) is 31.1 Å². The maximum atomic E-state index is 12.2. The molecule has 0 aromatic carbocycles. The lowest BCUT2D eigenvalue weighted by Gasteiger charge is -2.14. The van der Waals surface area contributed by atoms with E-state index in [1.807, 2.05) is 13.0 Å². The first kappa shape index (κ1) is 15.0. The summed E-state index contributed by atoms with van der Waals surface area (Å²) in [5.74, 6) is -0.564. The number of amidine groups is 1. The number of carbonyl (C=O) groups is 2. The first-order valence-corrected chi connectivity index (χ1v) is 6.71. The summed E-state index contributed by atoms with van der Waals surface area (Å²) in [6, 6.07) is 3.59. The number of ether oxygens (including phenoxy) is 1. The highest BCUT2D eigenvalue weighted by atomic mass is 16.5. The van der Waals surface area contributed by atoms with Crippen LogP contribution in [0.1, 0.15) is 23.0 Å². The fraction of sp³-hybridized carbons (Fsp3) is 0.429. The molecule has 7 nitrogen and oxygen atoms in total. The minimum absolute atomic E-state index is 0.222. The number of aryl methyl sites for hydroxylation is 1. The molecule has 0 aliphatic carbocycles. The Kier molecular flexibility index (Phi) is 4.52. The first-order valence-electron chi connectivity index (χ1n) is 6.71. The van der Waals surface area contributed by atoms with Crippen LogP contribution in [0.4, 0.5) is 0 Å². The molecule has 1 N–H and O–H groups in total. The van der Waals surface area contributed by atoms with Gasteiger partial charge in [0.25, 0.3) is 5.91 Å². The molecule has 1 unspecified atom stereocenters. The van der Waals surface area contributed by atoms with Gasteiger partial charge in [-0.2, -0.15) is 0 Å². The van der Waals surface area contributed by atoms with E-state index < -0.39 is 12.1 Å². The summed E-state index contributed by atoms with van der Waals surface area (Å²) >= 11 is 0. The summed E-state index contributed by atoms with van der Waals surface area (Å²) in [6.45, 7) is 4.26. The molecule has 2 heterocycles. The lowest BCUT2D eigenvalue weighted by atomic mass is 10.2. The Morgan fingerprint density at radius 1 is 1.52 bits per heavy atom. The Labute approximate surface area is 123 Å². The number of nitrogens with zero attached hydrogens (tertiary/aromatic N) is 3. The van der Waals surface area contributed by atoms with Crippen LogP contribution in [-0.2, 0) is 9.53 Å². The summed E-state index contributed by atoms with van der Waals surface area (Å²) in [5, 5.41) is 2.75. The minimum atomic E-state index is -0.483.